The molecule has 0 radical (unpaired) electrons. The van der Waals surface area contributed by atoms with E-state index >= 15 is 0 Å². The number of benzene rings is 2. The first-order valence-electron chi connectivity index (χ1n) is 9.73. The molecule has 7 heteroatoms. The molecule has 0 spiro atoms. The number of nitrogens with zero attached hydrogens (tertiary/aromatic N) is 1. The summed E-state index contributed by atoms with van der Waals surface area (Å²) in [4.78, 5) is 24.4. The number of carbonyl (C=O) groups excluding carboxylic acids is 2. The van der Waals surface area contributed by atoms with Crippen LogP contribution in [0.4, 0.5) is 0 Å². The van der Waals surface area contributed by atoms with Crippen molar-refractivity contribution in [3.63, 3.8) is 0 Å². The highest BCUT2D eigenvalue weighted by Crippen LogP contribution is 2.17. The summed E-state index contributed by atoms with van der Waals surface area (Å²) in [5, 5.41) is 1.44. The molecule has 3 N–H and O–H groups in total. The Labute approximate surface area is 170 Å². The van der Waals surface area contributed by atoms with Gasteiger partial charge < -0.3 is 15.2 Å². The van der Waals surface area contributed by atoms with Gasteiger partial charge in [0, 0.05) is 6.54 Å². The molecule has 2 aromatic carbocycles. The molecule has 2 aromatic rings. The average molecular weight is 397 g/mol. The third-order valence-corrected chi connectivity index (χ3v) is 4.86. The molecule has 154 valence electrons. The van der Waals surface area contributed by atoms with Gasteiger partial charge in [-0.15, -0.1) is 0 Å². The van der Waals surface area contributed by atoms with Crippen molar-refractivity contribution in [2.24, 2.45) is 5.73 Å². The summed E-state index contributed by atoms with van der Waals surface area (Å²) in [5.74, 6) is 0.112. The number of hydrazine groups is 1. The maximum absolute atomic E-state index is 12.7. The van der Waals surface area contributed by atoms with Crippen molar-refractivity contribution in [1.29, 1.82) is 0 Å². The van der Waals surface area contributed by atoms with Gasteiger partial charge in [0.05, 0.1) is 13.2 Å². The number of carbonyl (C=O) groups is 2. The summed E-state index contributed by atoms with van der Waals surface area (Å²) >= 11 is 0. The van der Waals surface area contributed by atoms with E-state index in [2.05, 4.69) is 5.43 Å². The molecule has 0 bridgehead atoms. The zero-order chi connectivity index (χ0) is 20.6. The van der Waals surface area contributed by atoms with Gasteiger partial charge in [-0.05, 0) is 42.5 Å². The van der Waals surface area contributed by atoms with Crippen molar-refractivity contribution < 1.29 is 19.1 Å². The number of methoxy groups -OCH3 is 1. The molecule has 3 rings (SSSR count). The highest BCUT2D eigenvalue weighted by Gasteiger charge is 2.30. The molecule has 1 aliphatic rings. The van der Waals surface area contributed by atoms with Gasteiger partial charge in [0.15, 0.2) is 0 Å². The van der Waals surface area contributed by atoms with Crippen LogP contribution in [0, 0.1) is 0 Å². The van der Waals surface area contributed by atoms with Crippen LogP contribution in [0.1, 0.15) is 24.0 Å². The third-order valence-electron chi connectivity index (χ3n) is 4.86. The van der Waals surface area contributed by atoms with Gasteiger partial charge in [-0.1, -0.05) is 42.5 Å². The molecular formula is C22H27N3O4. The lowest BCUT2D eigenvalue weighted by molar-refractivity contribution is -0.149. The fraction of sp³-hybridized carbons (Fsp3) is 0.364. The van der Waals surface area contributed by atoms with Crippen molar-refractivity contribution in [3.8, 4) is 5.75 Å². The number of nitrogens with two attached hydrogens (primary N) is 1. The fourth-order valence-corrected chi connectivity index (χ4v) is 3.30. The predicted molar refractivity (Wildman–Crippen MR) is 109 cm³/mol. The summed E-state index contributed by atoms with van der Waals surface area (Å²) in [7, 11) is 1.34. The number of nitrogens with one attached hydrogen (secondary N) is 1. The van der Waals surface area contributed by atoms with E-state index in [1.807, 2.05) is 54.6 Å². The van der Waals surface area contributed by atoms with E-state index in [0.717, 1.165) is 16.9 Å². The minimum absolute atomic E-state index is 0.241. The third kappa shape index (κ3) is 5.79. The highest BCUT2D eigenvalue weighted by molar-refractivity contribution is 5.83. The summed E-state index contributed by atoms with van der Waals surface area (Å²) in [6, 6.07) is 16.3. The summed E-state index contributed by atoms with van der Waals surface area (Å²) < 4.78 is 10.6. The minimum Gasteiger partial charge on any atom is -0.489 e. The van der Waals surface area contributed by atoms with E-state index in [1.54, 1.807) is 0 Å². The second kappa shape index (κ2) is 10.0. The number of esters is 1. The molecule has 1 aliphatic heterocycles. The number of hydrogen-bond donors (Lipinski definition) is 2. The monoisotopic (exact) mass is 397 g/mol. The lowest BCUT2D eigenvalue weighted by Crippen LogP contribution is -2.59. The molecule has 0 aromatic heterocycles. The zero-order valence-corrected chi connectivity index (χ0v) is 16.5. The Morgan fingerprint density at radius 2 is 1.93 bits per heavy atom. The Balaban J connectivity index is 1.56. The van der Waals surface area contributed by atoms with Crippen molar-refractivity contribution in [2.75, 3.05) is 13.7 Å². The number of ether oxygens (including phenoxy) is 2. The van der Waals surface area contributed by atoms with Crippen molar-refractivity contribution in [3.05, 3.63) is 65.7 Å². The molecule has 1 heterocycles. The second-order valence-electron chi connectivity index (χ2n) is 7.07. The van der Waals surface area contributed by atoms with E-state index in [9.17, 15) is 9.59 Å². The van der Waals surface area contributed by atoms with Gasteiger partial charge in [0.2, 0.25) is 0 Å². The summed E-state index contributed by atoms with van der Waals surface area (Å²) in [6.07, 6.45) is 1.73. The van der Waals surface area contributed by atoms with Crippen LogP contribution < -0.4 is 15.9 Å². The first-order chi connectivity index (χ1) is 14.1. The smallest absolute Gasteiger partial charge is 0.324 e. The molecule has 2 atom stereocenters. The Bertz CT molecular complexity index is 828. The van der Waals surface area contributed by atoms with Gasteiger partial charge in [-0.2, -0.15) is 0 Å². The lowest BCUT2D eigenvalue weighted by atomic mass is 10.0. The number of amides is 1. The number of hydrogen-bond acceptors (Lipinski definition) is 6. The Kier molecular flexibility index (Phi) is 7.21. The quantitative estimate of drug-likeness (QED) is 0.692. The van der Waals surface area contributed by atoms with Crippen LogP contribution in [-0.4, -0.2) is 42.6 Å². The van der Waals surface area contributed by atoms with Crippen molar-refractivity contribution in [2.45, 2.75) is 38.0 Å². The normalized spacial score (nSPS) is 17.4. The maximum Gasteiger partial charge on any atom is 0.324 e. The molecule has 2 unspecified atom stereocenters. The Morgan fingerprint density at radius 1 is 1.17 bits per heavy atom. The van der Waals surface area contributed by atoms with E-state index in [4.69, 9.17) is 15.2 Å². The van der Waals surface area contributed by atoms with Crippen LogP contribution in [-0.2, 0) is 27.4 Å². The summed E-state index contributed by atoms with van der Waals surface area (Å²) in [6.45, 7) is 0.988. The standard InChI is InChI=1S/C22H27N3O4/c1-28-22(27)20-11-6-12-25(24-20)21(26)19(23)14-17-9-5-10-18(13-17)29-15-16-7-3-2-4-8-16/h2-5,7-10,13,19-20,24H,6,11-12,14-15,23H2,1H3. The minimum atomic E-state index is -0.719. The van der Waals surface area contributed by atoms with E-state index in [0.29, 0.717) is 32.4 Å². The SMILES string of the molecule is COC(=O)C1CCCN(C(=O)C(N)Cc2cccc(OCc3ccccc3)c2)N1. The van der Waals surface area contributed by atoms with Crippen molar-refractivity contribution >= 4 is 11.9 Å². The van der Waals surface area contributed by atoms with Gasteiger partial charge in [0.25, 0.3) is 5.91 Å². The molecule has 29 heavy (non-hydrogen) atoms. The van der Waals surface area contributed by atoms with E-state index in [-0.39, 0.29) is 11.9 Å². The molecule has 1 amide bonds. The Morgan fingerprint density at radius 3 is 2.69 bits per heavy atom. The molecule has 7 nitrogen and oxygen atoms in total. The molecular weight excluding hydrogens is 370 g/mol. The van der Waals surface area contributed by atoms with Crippen LogP contribution in [0.3, 0.4) is 0 Å². The topological polar surface area (TPSA) is 93.9 Å². The van der Waals surface area contributed by atoms with Gasteiger partial charge in [0.1, 0.15) is 18.4 Å². The largest absolute Gasteiger partial charge is 0.489 e. The zero-order valence-electron chi connectivity index (χ0n) is 16.5. The highest BCUT2D eigenvalue weighted by atomic mass is 16.5. The lowest BCUT2D eigenvalue weighted by Gasteiger charge is -2.33. The van der Waals surface area contributed by atoms with Crippen molar-refractivity contribution in [1.82, 2.24) is 10.4 Å². The summed E-state index contributed by atoms with van der Waals surface area (Å²) in [5.41, 5.74) is 11.1. The maximum atomic E-state index is 12.7. The molecule has 1 saturated heterocycles. The van der Waals surface area contributed by atoms with Crippen LogP contribution in [0.25, 0.3) is 0 Å². The average Bonchev–Trinajstić information content (AvgIpc) is 2.77. The van der Waals surface area contributed by atoms with Gasteiger partial charge in [-0.25, -0.2) is 5.43 Å². The van der Waals surface area contributed by atoms with Gasteiger partial charge in [-0.3, -0.25) is 14.6 Å². The second-order valence-corrected chi connectivity index (χ2v) is 7.07. The molecule has 0 aliphatic carbocycles. The van der Waals surface area contributed by atoms with Crippen LogP contribution in [0.2, 0.25) is 0 Å². The molecule has 1 fully saturated rings. The number of rotatable bonds is 7. The van der Waals surface area contributed by atoms with Crippen LogP contribution in [0.5, 0.6) is 5.75 Å². The van der Waals surface area contributed by atoms with Gasteiger partial charge >= 0.3 is 5.97 Å². The fourth-order valence-electron chi connectivity index (χ4n) is 3.30. The van der Waals surface area contributed by atoms with Crippen LogP contribution >= 0.6 is 0 Å². The van der Waals surface area contributed by atoms with E-state index < -0.39 is 12.1 Å². The van der Waals surface area contributed by atoms with Crippen LogP contribution in [0.15, 0.2) is 54.6 Å². The first-order valence-corrected chi connectivity index (χ1v) is 9.73. The first kappa shape index (κ1) is 20.8. The molecule has 0 saturated carbocycles. The predicted octanol–water partition coefficient (Wildman–Crippen LogP) is 1.80. The Hall–Kier alpha value is -2.90. The van der Waals surface area contributed by atoms with E-state index in [1.165, 1.54) is 12.1 Å².